The number of fused-ring (bicyclic) bond motifs is 1. The maximum absolute atomic E-state index is 13.1. The fourth-order valence-electron chi connectivity index (χ4n) is 9.66. The number of ketones is 2. The Morgan fingerprint density at radius 2 is 0.969 bits per heavy atom. The molecule has 0 spiro atoms. The smallest absolute Gasteiger partial charge is 0.338 e. The summed E-state index contributed by atoms with van der Waals surface area (Å²) in [6.45, 7) is 23.4. The molecule has 542 valence electrons. The molecule has 32 heteroatoms. The molecule has 27 nitrogen and oxygen atoms in total. The summed E-state index contributed by atoms with van der Waals surface area (Å²) in [5.74, 6) is -2.25. The minimum absolute atomic E-state index is 0. The molecule has 1 saturated heterocycles. The molecule has 4 unspecified atom stereocenters. The van der Waals surface area contributed by atoms with Crippen molar-refractivity contribution >= 4 is 80.8 Å². The predicted molar refractivity (Wildman–Crippen MR) is 366 cm³/mol. The molecule has 1 aliphatic rings. The Hall–Kier alpha value is -7.08. The van der Waals surface area contributed by atoms with Gasteiger partial charge in [-0.15, -0.1) is 3.89 Å². The van der Waals surface area contributed by atoms with Gasteiger partial charge in [0.05, 0.1) is 37.4 Å². The maximum atomic E-state index is 13.1. The number of aromatic carboxylic acids is 1. The van der Waals surface area contributed by atoms with Crippen molar-refractivity contribution in [1.29, 1.82) is 0 Å². The van der Waals surface area contributed by atoms with Gasteiger partial charge in [-0.2, -0.15) is 8.42 Å². The van der Waals surface area contributed by atoms with Crippen LogP contribution < -0.4 is 30.7 Å². The van der Waals surface area contributed by atoms with E-state index in [1.165, 1.54) is 145 Å². The Kier molecular flexibility index (Phi) is 33.7. The number of anilines is 1. The van der Waals surface area contributed by atoms with Crippen molar-refractivity contribution in [2.45, 2.75) is 222 Å². The van der Waals surface area contributed by atoms with E-state index in [1.807, 2.05) is 13.8 Å². The number of nitrogens with zero attached hydrogens (tertiary/aromatic N) is 4. The average molecular weight is 1440 g/mol. The zero-order valence-corrected chi connectivity index (χ0v) is 59.8. The lowest BCUT2D eigenvalue weighted by Crippen LogP contribution is -2.63. The van der Waals surface area contributed by atoms with Crippen LogP contribution in [0.5, 0.6) is 0 Å². The average Bonchev–Trinajstić information content (AvgIpc) is 1.53. The highest BCUT2D eigenvalue weighted by Crippen LogP contribution is 2.55. The lowest BCUT2D eigenvalue weighted by atomic mass is 9.73. The van der Waals surface area contributed by atoms with Crippen molar-refractivity contribution in [2.24, 2.45) is 5.73 Å². The quantitative estimate of drug-likeness (QED) is 0.0171. The Morgan fingerprint density at radius 3 is 1.33 bits per heavy atom. The van der Waals surface area contributed by atoms with Crippen LogP contribution in [-0.4, -0.2) is 140 Å². The van der Waals surface area contributed by atoms with E-state index in [-0.39, 0.29) is 85.4 Å². The summed E-state index contributed by atoms with van der Waals surface area (Å²) in [6.07, 6.45) is 10.9. The molecule has 1 aliphatic heterocycles. The third-order valence-electron chi connectivity index (χ3n) is 15.2. The first-order chi connectivity index (χ1) is 43.9. The van der Waals surface area contributed by atoms with Gasteiger partial charge in [-0.3, -0.25) is 14.2 Å². The fourth-order valence-corrected chi connectivity index (χ4v) is 13.9. The molecular weight excluding hydrogens is 1340 g/mol. The number of Topliss-reactive ketones (excluding diaryl/α,β-unsaturated/α-hetero) is 2. The third-order valence-corrected chi connectivity index (χ3v) is 20.9. The van der Waals surface area contributed by atoms with E-state index < -0.39 is 86.3 Å². The zero-order valence-electron chi connectivity index (χ0n) is 56.5. The van der Waals surface area contributed by atoms with Gasteiger partial charge in [-0.25, -0.2) is 59.2 Å². The zero-order chi connectivity index (χ0) is 72.3. The Bertz CT molecular complexity index is 3910. The second-order valence-corrected chi connectivity index (χ2v) is 30.3. The Morgan fingerprint density at radius 1 is 0.598 bits per heavy atom. The van der Waals surface area contributed by atoms with E-state index >= 15 is 0 Å². The van der Waals surface area contributed by atoms with Crippen LogP contribution in [-0.2, 0) is 55.5 Å². The van der Waals surface area contributed by atoms with Crippen LogP contribution in [0.4, 0.5) is 9.70 Å². The highest BCUT2D eigenvalue weighted by atomic mass is 32.3. The number of carboxylic acid groups (broad SMARTS) is 1. The number of halogens is 1. The topological polar surface area (TPSA) is 450 Å². The van der Waals surface area contributed by atoms with Crippen molar-refractivity contribution in [1.82, 2.24) is 33.7 Å². The van der Waals surface area contributed by atoms with Crippen molar-refractivity contribution in [3.63, 3.8) is 0 Å². The van der Waals surface area contributed by atoms with Gasteiger partial charge in [-0.1, -0.05) is 97.2 Å². The minimum atomic E-state index is -4.92. The fraction of sp³-hybridized carbons (Fsp3) is 0.492. The molecule has 4 aromatic carbocycles. The molecule has 0 saturated carbocycles. The second-order valence-electron chi connectivity index (χ2n) is 23.8. The number of benzene rings is 4. The number of nitrogens with two attached hydrogens (primary N) is 2. The Balaban J connectivity index is 0.000000653. The summed E-state index contributed by atoms with van der Waals surface area (Å²) in [6, 6.07) is 20.9. The molecule has 0 radical (unpaired) electrons. The summed E-state index contributed by atoms with van der Waals surface area (Å²) in [4.78, 5) is 57.3. The molecule has 4 atom stereocenters. The van der Waals surface area contributed by atoms with E-state index in [0.717, 1.165) is 49.9 Å². The SMILES string of the molecule is C.CC(=O)c1ccc(S(=O)(=O)NC(C)C)cc1.CC(C)NS(=O)(=O)c1ccc(C(=O)[O-])cc1.CC1(COC(=O)c2ccc(S(=O)(=O)F)cc2)OC(C)(n2cnc3c(N)ncnc32)C(C)(O)C1(C)O.CCCC(CCC)NS(=O)(=O)c1ccc(C(C)=O)cc1.CCCC(N)CCC.O. The van der Waals surface area contributed by atoms with Crippen LogP contribution in [0, 0.1) is 0 Å². The van der Waals surface area contributed by atoms with E-state index in [9.17, 15) is 72.1 Å². The van der Waals surface area contributed by atoms with Gasteiger partial charge in [0.2, 0.25) is 30.1 Å². The van der Waals surface area contributed by atoms with Gasteiger partial charge >= 0.3 is 16.2 Å². The second kappa shape index (κ2) is 37.2. The summed E-state index contributed by atoms with van der Waals surface area (Å²) in [5, 5.41) is 33.4. The maximum Gasteiger partial charge on any atom is 0.338 e. The highest BCUT2D eigenvalue weighted by Gasteiger charge is 2.73. The lowest BCUT2D eigenvalue weighted by molar-refractivity contribution is -0.255. The van der Waals surface area contributed by atoms with Crippen LogP contribution in [0.3, 0.4) is 0 Å². The first-order valence-electron chi connectivity index (χ1n) is 30.6. The molecule has 2 aromatic heterocycles. The number of esters is 1. The summed E-state index contributed by atoms with van der Waals surface area (Å²) < 4.78 is 127. The molecule has 6 aromatic rings. The van der Waals surface area contributed by atoms with Gasteiger partial charge in [0.1, 0.15) is 35.3 Å². The van der Waals surface area contributed by atoms with Gasteiger partial charge in [0.15, 0.2) is 28.8 Å². The van der Waals surface area contributed by atoms with Gasteiger partial charge < -0.3 is 46.5 Å². The molecule has 0 aliphatic carbocycles. The number of carbonyl (C=O) groups excluding carboxylic acids is 4. The molecule has 1 fully saturated rings. The highest BCUT2D eigenvalue weighted by molar-refractivity contribution is 7.90. The molecule has 0 amide bonds. The monoisotopic (exact) mass is 1440 g/mol. The Labute approximate surface area is 570 Å². The molecule has 0 bridgehead atoms. The van der Waals surface area contributed by atoms with Gasteiger partial charge in [0.25, 0.3) is 0 Å². The first-order valence-corrected chi connectivity index (χ1v) is 36.4. The van der Waals surface area contributed by atoms with Crippen molar-refractivity contribution < 1.29 is 87.0 Å². The normalized spacial score (nSPS) is 18.4. The number of rotatable bonds is 25. The number of ether oxygens (including phenoxy) is 2. The molecule has 7 rings (SSSR count). The standard InChI is InChI=1S/C21H24FN5O7S.C15H23NO3S.C11H15NO3S.C10H13NO4S.C7H17N.CH4.H2O/c1-18(9-33-17(28)12-5-7-13(8-6-12)35(22,31)32)19(2,29)20(3,30)21(4,34-18)27-11-26-14-15(23)24-10-25-16(14)27;1-4-6-14(7-5-2)16-20(18,19)15-10-8-13(9-11-15)12(3)17;1-8(2)12-16(14,15)11-6-4-10(5-7-11)9(3)13;1-7(2)11-16(14,15)9-5-3-8(4-6-9)10(12)13;1-3-5-7(8)6-4-2;;/h5-8,10-11,29-30H,9H2,1-4H3,(H2,23,24,25);8-11,14,16H,4-7H2,1-3H3;4-8,12H,1-3H3;3-7,11H,1-2H3,(H,12,13);7H,3-6,8H2,1-2H3;1H4;1H2/p-1. The number of nitrogen functional groups attached to an aromatic ring is 1. The number of hydrogen-bond acceptors (Lipinski definition) is 22. The third kappa shape index (κ3) is 23.8. The number of carbonyl (C=O) groups is 4. The molecule has 97 heavy (non-hydrogen) atoms. The van der Waals surface area contributed by atoms with E-state index in [1.54, 1.807) is 39.8 Å². The van der Waals surface area contributed by atoms with E-state index in [0.29, 0.717) is 17.2 Å². The van der Waals surface area contributed by atoms with E-state index in [2.05, 4.69) is 43.0 Å². The number of carboxylic acids is 1. The van der Waals surface area contributed by atoms with Gasteiger partial charge in [-0.05, 0) is 161 Å². The number of nitrogens with one attached hydrogen (secondary N) is 3. The number of sulfonamides is 3. The summed E-state index contributed by atoms with van der Waals surface area (Å²) in [5.41, 5.74) is 5.76. The van der Waals surface area contributed by atoms with Crippen LogP contribution in [0.1, 0.15) is 197 Å². The number of hydrogen-bond donors (Lipinski definition) is 7. The van der Waals surface area contributed by atoms with E-state index in [4.69, 9.17) is 20.9 Å². The minimum Gasteiger partial charge on any atom is -0.545 e. The van der Waals surface area contributed by atoms with Crippen molar-refractivity contribution in [2.75, 3.05) is 12.3 Å². The number of aliphatic hydroxyl groups is 2. The summed E-state index contributed by atoms with van der Waals surface area (Å²) in [7, 11) is -15.5. The predicted octanol–water partition coefficient (Wildman–Crippen LogP) is 7.06. The summed E-state index contributed by atoms with van der Waals surface area (Å²) >= 11 is 0. The molecule has 11 N–H and O–H groups in total. The van der Waals surface area contributed by atoms with Crippen LogP contribution in [0.15, 0.2) is 129 Å². The first kappa shape index (κ1) is 87.9. The number of aromatic nitrogens is 4. The number of imidazole rings is 1. The van der Waals surface area contributed by atoms with Crippen LogP contribution in [0.25, 0.3) is 11.2 Å². The van der Waals surface area contributed by atoms with Crippen LogP contribution >= 0.6 is 0 Å². The van der Waals surface area contributed by atoms with Crippen molar-refractivity contribution in [3.8, 4) is 0 Å². The van der Waals surface area contributed by atoms with Crippen LogP contribution in [0.2, 0.25) is 0 Å². The molecular formula is C65H97FN9O18S4-. The van der Waals surface area contributed by atoms with Gasteiger partial charge in [0, 0.05) is 35.3 Å². The van der Waals surface area contributed by atoms with Crippen molar-refractivity contribution in [3.05, 3.63) is 132 Å². The molecule has 3 heterocycles. The lowest BCUT2D eigenvalue weighted by Gasteiger charge is -2.42. The largest absolute Gasteiger partial charge is 0.545 e.